The molecular weight excluding hydrogens is 374 g/mol. The molecule has 0 aliphatic carbocycles. The Hall–Kier alpha value is -3.48. The number of fused-ring (bicyclic) bond motifs is 1. The minimum Gasteiger partial charge on any atom is -0.493 e. The predicted octanol–water partition coefficient (Wildman–Crippen LogP) is 3.22. The monoisotopic (exact) mass is 397 g/mol. The standard InChI is InChI=1S/C22H23NO6/c1-13(2)23-20(24)12-28-15-8-9-16-18(11-15)29-19(21(16)25)10-14-6-5-7-17(26-3)22(14)27-4/h5-11,13H,12H2,1-4H3,(H,23,24). The fourth-order valence-electron chi connectivity index (χ4n) is 2.94. The maximum absolute atomic E-state index is 12.7. The Labute approximate surface area is 169 Å². The molecule has 1 heterocycles. The van der Waals surface area contributed by atoms with E-state index in [1.807, 2.05) is 13.8 Å². The van der Waals surface area contributed by atoms with Crippen molar-refractivity contribution in [1.29, 1.82) is 0 Å². The second-order valence-corrected chi connectivity index (χ2v) is 6.69. The van der Waals surface area contributed by atoms with Gasteiger partial charge in [0.15, 0.2) is 23.9 Å². The molecule has 0 saturated heterocycles. The number of allylic oxidation sites excluding steroid dienone is 1. The number of nitrogens with one attached hydrogen (secondary N) is 1. The number of carbonyl (C=O) groups excluding carboxylic acids is 2. The number of hydrogen-bond acceptors (Lipinski definition) is 6. The molecule has 2 aromatic carbocycles. The van der Waals surface area contributed by atoms with Crippen LogP contribution in [0.5, 0.6) is 23.0 Å². The Kier molecular flexibility index (Phi) is 6.07. The van der Waals surface area contributed by atoms with Crippen molar-refractivity contribution in [1.82, 2.24) is 5.32 Å². The fraction of sp³-hybridized carbons (Fsp3) is 0.273. The average Bonchev–Trinajstić information content (AvgIpc) is 3.00. The van der Waals surface area contributed by atoms with Crippen LogP contribution < -0.4 is 24.3 Å². The molecule has 0 fully saturated rings. The molecule has 7 heteroatoms. The van der Waals surface area contributed by atoms with Crippen LogP contribution in [-0.4, -0.2) is 38.6 Å². The van der Waals surface area contributed by atoms with Crippen LogP contribution in [0.15, 0.2) is 42.2 Å². The zero-order valence-corrected chi connectivity index (χ0v) is 16.8. The van der Waals surface area contributed by atoms with Crippen molar-refractivity contribution in [2.45, 2.75) is 19.9 Å². The zero-order valence-electron chi connectivity index (χ0n) is 16.8. The number of methoxy groups -OCH3 is 2. The third kappa shape index (κ3) is 4.51. The maximum Gasteiger partial charge on any atom is 0.258 e. The molecule has 1 aliphatic heterocycles. The number of benzene rings is 2. The minimum absolute atomic E-state index is 0.0355. The topological polar surface area (TPSA) is 83.1 Å². The molecule has 0 unspecified atom stereocenters. The summed E-state index contributed by atoms with van der Waals surface area (Å²) in [5, 5.41) is 2.75. The number of amides is 1. The lowest BCUT2D eigenvalue weighted by atomic mass is 10.1. The lowest BCUT2D eigenvalue weighted by molar-refractivity contribution is -0.123. The maximum atomic E-state index is 12.7. The van der Waals surface area contributed by atoms with Gasteiger partial charge in [-0.15, -0.1) is 0 Å². The van der Waals surface area contributed by atoms with E-state index >= 15 is 0 Å². The lowest BCUT2D eigenvalue weighted by Crippen LogP contribution is -2.34. The van der Waals surface area contributed by atoms with Crippen LogP contribution in [0, 0.1) is 0 Å². The molecule has 0 spiro atoms. The third-order valence-electron chi connectivity index (χ3n) is 4.18. The van der Waals surface area contributed by atoms with Crippen LogP contribution in [0.2, 0.25) is 0 Å². The normalized spacial score (nSPS) is 13.8. The summed E-state index contributed by atoms with van der Waals surface area (Å²) in [5.74, 6) is 1.59. The van der Waals surface area contributed by atoms with Gasteiger partial charge in [0.1, 0.15) is 11.5 Å². The Morgan fingerprint density at radius 1 is 1.17 bits per heavy atom. The van der Waals surface area contributed by atoms with Crippen molar-refractivity contribution in [2.75, 3.05) is 20.8 Å². The highest BCUT2D eigenvalue weighted by Crippen LogP contribution is 2.37. The van der Waals surface area contributed by atoms with Crippen molar-refractivity contribution in [3.63, 3.8) is 0 Å². The molecule has 0 atom stereocenters. The van der Waals surface area contributed by atoms with Crippen LogP contribution >= 0.6 is 0 Å². The van der Waals surface area contributed by atoms with Gasteiger partial charge in [0.05, 0.1) is 19.8 Å². The smallest absolute Gasteiger partial charge is 0.258 e. The van der Waals surface area contributed by atoms with E-state index in [0.717, 1.165) is 0 Å². The highest BCUT2D eigenvalue weighted by atomic mass is 16.5. The molecule has 1 amide bonds. The number of ether oxygens (including phenoxy) is 4. The molecule has 0 bridgehead atoms. The largest absolute Gasteiger partial charge is 0.493 e. The molecule has 0 radical (unpaired) electrons. The summed E-state index contributed by atoms with van der Waals surface area (Å²) in [6.45, 7) is 3.63. The zero-order chi connectivity index (χ0) is 21.0. The highest BCUT2D eigenvalue weighted by molar-refractivity contribution is 6.14. The van der Waals surface area contributed by atoms with Gasteiger partial charge in [-0.1, -0.05) is 12.1 Å². The second kappa shape index (κ2) is 8.68. The quantitative estimate of drug-likeness (QED) is 0.723. The Balaban J connectivity index is 1.79. The van der Waals surface area contributed by atoms with Gasteiger partial charge in [0, 0.05) is 17.7 Å². The van der Waals surface area contributed by atoms with Crippen LogP contribution in [0.25, 0.3) is 6.08 Å². The molecule has 1 aliphatic rings. The second-order valence-electron chi connectivity index (χ2n) is 6.69. The molecule has 152 valence electrons. The van der Waals surface area contributed by atoms with Crippen LogP contribution in [0.1, 0.15) is 29.8 Å². The minimum atomic E-state index is -0.242. The Bertz CT molecular complexity index is 964. The summed E-state index contributed by atoms with van der Waals surface area (Å²) >= 11 is 0. The van der Waals surface area contributed by atoms with E-state index in [4.69, 9.17) is 18.9 Å². The first-order valence-electron chi connectivity index (χ1n) is 9.14. The molecule has 29 heavy (non-hydrogen) atoms. The summed E-state index contributed by atoms with van der Waals surface area (Å²) < 4.78 is 21.9. The van der Waals surface area contributed by atoms with Crippen molar-refractivity contribution in [2.24, 2.45) is 0 Å². The van der Waals surface area contributed by atoms with E-state index in [0.29, 0.717) is 34.1 Å². The van der Waals surface area contributed by atoms with Gasteiger partial charge >= 0.3 is 0 Å². The molecule has 0 saturated carbocycles. The summed E-state index contributed by atoms with van der Waals surface area (Å²) in [6, 6.07) is 10.3. The molecule has 2 aromatic rings. The Morgan fingerprint density at radius 3 is 2.66 bits per heavy atom. The van der Waals surface area contributed by atoms with E-state index in [2.05, 4.69) is 5.32 Å². The van der Waals surface area contributed by atoms with E-state index in [9.17, 15) is 9.59 Å². The highest BCUT2D eigenvalue weighted by Gasteiger charge is 2.28. The number of hydrogen-bond donors (Lipinski definition) is 1. The number of Topliss-reactive ketones (excluding diaryl/α,β-unsaturated/α-hetero) is 1. The van der Waals surface area contributed by atoms with E-state index in [1.54, 1.807) is 49.6 Å². The Morgan fingerprint density at radius 2 is 1.97 bits per heavy atom. The van der Waals surface area contributed by atoms with Gasteiger partial charge in [-0.2, -0.15) is 0 Å². The number of carbonyl (C=O) groups is 2. The lowest BCUT2D eigenvalue weighted by Gasteiger charge is -2.10. The van der Waals surface area contributed by atoms with E-state index in [1.165, 1.54) is 7.11 Å². The van der Waals surface area contributed by atoms with Gasteiger partial charge in [0.2, 0.25) is 5.78 Å². The predicted molar refractivity (Wildman–Crippen MR) is 108 cm³/mol. The van der Waals surface area contributed by atoms with Crippen molar-refractivity contribution in [3.05, 3.63) is 53.3 Å². The first-order valence-corrected chi connectivity index (χ1v) is 9.14. The number of rotatable bonds is 7. The van der Waals surface area contributed by atoms with Crippen molar-refractivity contribution in [3.8, 4) is 23.0 Å². The first kappa shape index (κ1) is 20.3. The van der Waals surface area contributed by atoms with Crippen molar-refractivity contribution < 1.29 is 28.5 Å². The average molecular weight is 397 g/mol. The van der Waals surface area contributed by atoms with Gasteiger partial charge in [-0.3, -0.25) is 9.59 Å². The molecule has 7 nitrogen and oxygen atoms in total. The summed E-state index contributed by atoms with van der Waals surface area (Å²) in [7, 11) is 3.08. The van der Waals surface area contributed by atoms with E-state index < -0.39 is 0 Å². The van der Waals surface area contributed by atoms with Gasteiger partial charge in [0.25, 0.3) is 5.91 Å². The van der Waals surface area contributed by atoms with Gasteiger partial charge < -0.3 is 24.3 Å². The number of para-hydroxylation sites is 1. The van der Waals surface area contributed by atoms with Crippen LogP contribution in [0.3, 0.4) is 0 Å². The number of ketones is 1. The molecular formula is C22H23NO6. The van der Waals surface area contributed by atoms with E-state index in [-0.39, 0.29) is 30.1 Å². The fourth-order valence-corrected chi connectivity index (χ4v) is 2.94. The summed E-state index contributed by atoms with van der Waals surface area (Å²) in [5.41, 5.74) is 1.09. The molecule has 3 rings (SSSR count). The first-order chi connectivity index (χ1) is 13.9. The van der Waals surface area contributed by atoms with Crippen LogP contribution in [0.4, 0.5) is 0 Å². The van der Waals surface area contributed by atoms with Gasteiger partial charge in [-0.05, 0) is 38.1 Å². The molecule has 1 N–H and O–H groups in total. The summed E-state index contributed by atoms with van der Waals surface area (Å²) in [4.78, 5) is 24.4. The molecule has 0 aromatic heterocycles. The van der Waals surface area contributed by atoms with Crippen LogP contribution in [-0.2, 0) is 4.79 Å². The van der Waals surface area contributed by atoms with Gasteiger partial charge in [-0.25, -0.2) is 0 Å². The SMILES string of the molecule is COc1cccc(C=C2Oc3cc(OCC(=O)NC(C)C)ccc3C2=O)c1OC. The van der Waals surface area contributed by atoms with Crippen molar-refractivity contribution >= 4 is 17.8 Å². The summed E-state index contributed by atoms with van der Waals surface area (Å²) in [6.07, 6.45) is 1.61. The third-order valence-corrected chi connectivity index (χ3v) is 4.18.